The zero-order valence-electron chi connectivity index (χ0n) is 7.36. The van der Waals surface area contributed by atoms with Crippen molar-refractivity contribution < 1.29 is 9.59 Å². The lowest BCUT2D eigenvalue weighted by molar-refractivity contribution is -0.112. The van der Waals surface area contributed by atoms with Gasteiger partial charge in [-0.1, -0.05) is 30.3 Å². The minimum Gasteiger partial charge on any atom is -0.298 e. The summed E-state index contributed by atoms with van der Waals surface area (Å²) >= 11 is 0. The molecule has 0 aromatic heterocycles. The molecule has 0 aliphatic heterocycles. The predicted octanol–water partition coefficient (Wildman–Crippen LogP) is 2.10. The Hall–Kier alpha value is -1.70. The molecule has 0 spiro atoms. The van der Waals surface area contributed by atoms with E-state index in [2.05, 4.69) is 0 Å². The van der Waals surface area contributed by atoms with Crippen molar-refractivity contribution in [3.05, 3.63) is 41.5 Å². The van der Waals surface area contributed by atoms with Crippen LogP contribution in [-0.2, 0) is 4.79 Å². The van der Waals surface area contributed by atoms with Gasteiger partial charge in [0, 0.05) is 5.56 Å². The maximum atomic E-state index is 10.6. The van der Waals surface area contributed by atoms with Crippen LogP contribution in [0.4, 0.5) is 0 Å². The van der Waals surface area contributed by atoms with Gasteiger partial charge >= 0.3 is 0 Å². The van der Waals surface area contributed by atoms with Crippen LogP contribution >= 0.6 is 0 Å². The van der Waals surface area contributed by atoms with E-state index in [0.29, 0.717) is 5.56 Å². The number of allylic oxidation sites excluding steroid dienone is 1. The van der Waals surface area contributed by atoms with Crippen molar-refractivity contribution in [2.75, 3.05) is 0 Å². The second-order valence-electron chi connectivity index (χ2n) is 2.73. The molecule has 0 heterocycles. The molecule has 2 nitrogen and oxygen atoms in total. The number of hydrogen-bond acceptors (Lipinski definition) is 2. The van der Waals surface area contributed by atoms with E-state index in [1.54, 1.807) is 30.3 Å². The molecule has 0 aliphatic rings. The number of ketones is 1. The molecule has 0 aliphatic carbocycles. The Kier molecular flexibility index (Phi) is 3.15. The highest BCUT2D eigenvalue weighted by atomic mass is 16.1. The Morgan fingerprint density at radius 3 is 2.15 bits per heavy atom. The number of hydrogen-bond donors (Lipinski definition) is 0. The summed E-state index contributed by atoms with van der Waals surface area (Å²) in [7, 11) is 0. The predicted molar refractivity (Wildman–Crippen MR) is 51.5 cm³/mol. The van der Waals surface area contributed by atoms with Crippen molar-refractivity contribution >= 4 is 18.1 Å². The Labute approximate surface area is 76.9 Å². The zero-order valence-corrected chi connectivity index (χ0v) is 7.36. The normalized spacial score (nSPS) is 10.2. The molecule has 0 amide bonds. The highest BCUT2D eigenvalue weighted by molar-refractivity contribution is 5.91. The summed E-state index contributed by atoms with van der Waals surface area (Å²) in [5.41, 5.74) is 1.56. The van der Waals surface area contributed by atoms with Crippen molar-refractivity contribution in [3.8, 4) is 0 Å². The highest BCUT2D eigenvalue weighted by Crippen LogP contribution is 2.04. The molecule has 0 atom stereocenters. The van der Waals surface area contributed by atoms with Gasteiger partial charge in [0.25, 0.3) is 0 Å². The Morgan fingerprint density at radius 1 is 1.15 bits per heavy atom. The second-order valence-corrected chi connectivity index (χ2v) is 2.73. The minimum atomic E-state index is 0.0134. The molecule has 0 saturated carbocycles. The fraction of sp³-hybridized carbons (Fsp3) is 0.0909. The number of benzene rings is 1. The lowest BCUT2D eigenvalue weighted by Crippen LogP contribution is -1.81. The fourth-order valence-electron chi connectivity index (χ4n) is 0.899. The first-order valence-electron chi connectivity index (χ1n) is 3.96. The van der Waals surface area contributed by atoms with E-state index in [9.17, 15) is 9.59 Å². The Balaban J connectivity index is 2.80. The topological polar surface area (TPSA) is 34.1 Å². The molecular formula is C11H10O2. The molecule has 1 aromatic rings. The SMILES string of the molecule is CC(=O)C=Cc1ccc(C=O)cc1. The zero-order chi connectivity index (χ0) is 9.68. The van der Waals surface area contributed by atoms with Gasteiger partial charge in [0.05, 0.1) is 0 Å². The van der Waals surface area contributed by atoms with Crippen molar-refractivity contribution in [1.29, 1.82) is 0 Å². The molecule has 0 saturated heterocycles. The Morgan fingerprint density at radius 2 is 1.69 bits per heavy atom. The average Bonchev–Trinajstić information content (AvgIpc) is 2.15. The number of carbonyl (C=O) groups excluding carboxylic acids is 2. The van der Waals surface area contributed by atoms with Gasteiger partial charge in [0.1, 0.15) is 6.29 Å². The van der Waals surface area contributed by atoms with Gasteiger partial charge in [-0.25, -0.2) is 0 Å². The van der Waals surface area contributed by atoms with Crippen LogP contribution in [0.1, 0.15) is 22.8 Å². The van der Waals surface area contributed by atoms with E-state index in [-0.39, 0.29) is 5.78 Å². The number of rotatable bonds is 3. The summed E-state index contributed by atoms with van der Waals surface area (Å²) in [5, 5.41) is 0. The quantitative estimate of drug-likeness (QED) is 0.519. The summed E-state index contributed by atoms with van der Waals surface area (Å²) in [6.07, 6.45) is 4.01. The smallest absolute Gasteiger partial charge is 0.152 e. The molecule has 0 fully saturated rings. The second kappa shape index (κ2) is 4.36. The first-order chi connectivity index (χ1) is 6.22. The third-order valence-corrected chi connectivity index (χ3v) is 1.58. The largest absolute Gasteiger partial charge is 0.298 e. The van der Waals surface area contributed by atoms with Crippen LogP contribution < -0.4 is 0 Å². The van der Waals surface area contributed by atoms with Crippen LogP contribution in [-0.4, -0.2) is 12.1 Å². The van der Waals surface area contributed by atoms with E-state index >= 15 is 0 Å². The van der Waals surface area contributed by atoms with Crippen LogP contribution in [0.15, 0.2) is 30.3 Å². The maximum absolute atomic E-state index is 10.6. The molecule has 0 bridgehead atoms. The van der Waals surface area contributed by atoms with Crippen LogP contribution in [0.5, 0.6) is 0 Å². The summed E-state index contributed by atoms with van der Waals surface area (Å²) in [4.78, 5) is 20.9. The molecule has 13 heavy (non-hydrogen) atoms. The van der Waals surface area contributed by atoms with Crippen LogP contribution in [0.25, 0.3) is 6.08 Å². The fourth-order valence-corrected chi connectivity index (χ4v) is 0.899. The highest BCUT2D eigenvalue weighted by Gasteiger charge is 1.89. The maximum Gasteiger partial charge on any atom is 0.152 e. The molecule has 0 radical (unpaired) electrons. The van der Waals surface area contributed by atoms with Gasteiger partial charge in [-0.05, 0) is 18.6 Å². The van der Waals surface area contributed by atoms with Gasteiger partial charge in [0.15, 0.2) is 5.78 Å². The van der Waals surface area contributed by atoms with E-state index in [4.69, 9.17) is 0 Å². The third kappa shape index (κ3) is 3.03. The molecule has 1 aromatic carbocycles. The summed E-state index contributed by atoms with van der Waals surface area (Å²) in [6.45, 7) is 1.50. The summed E-state index contributed by atoms with van der Waals surface area (Å²) in [6, 6.07) is 7.02. The summed E-state index contributed by atoms with van der Waals surface area (Å²) in [5.74, 6) is 0.0134. The van der Waals surface area contributed by atoms with Crippen molar-refractivity contribution in [2.24, 2.45) is 0 Å². The van der Waals surface area contributed by atoms with Crippen LogP contribution in [0, 0.1) is 0 Å². The average molecular weight is 174 g/mol. The summed E-state index contributed by atoms with van der Waals surface area (Å²) < 4.78 is 0. The molecule has 1 rings (SSSR count). The third-order valence-electron chi connectivity index (χ3n) is 1.58. The molecular weight excluding hydrogens is 164 g/mol. The lowest BCUT2D eigenvalue weighted by Gasteiger charge is -1.92. The molecule has 0 unspecified atom stereocenters. The first kappa shape index (κ1) is 9.39. The van der Waals surface area contributed by atoms with Crippen LogP contribution in [0.3, 0.4) is 0 Å². The van der Waals surface area contributed by atoms with Crippen molar-refractivity contribution in [1.82, 2.24) is 0 Å². The number of aldehydes is 1. The lowest BCUT2D eigenvalue weighted by atomic mass is 10.1. The Bertz CT molecular complexity index is 334. The first-order valence-corrected chi connectivity index (χ1v) is 3.96. The monoisotopic (exact) mass is 174 g/mol. The van der Waals surface area contributed by atoms with E-state index in [0.717, 1.165) is 11.8 Å². The van der Waals surface area contributed by atoms with Gasteiger partial charge in [-0.2, -0.15) is 0 Å². The number of carbonyl (C=O) groups is 2. The van der Waals surface area contributed by atoms with E-state index in [1.807, 2.05) is 0 Å². The minimum absolute atomic E-state index is 0.0134. The van der Waals surface area contributed by atoms with E-state index < -0.39 is 0 Å². The molecule has 2 heteroatoms. The van der Waals surface area contributed by atoms with Gasteiger partial charge in [-0.15, -0.1) is 0 Å². The van der Waals surface area contributed by atoms with E-state index in [1.165, 1.54) is 13.0 Å². The molecule has 66 valence electrons. The van der Waals surface area contributed by atoms with Gasteiger partial charge < -0.3 is 0 Å². The van der Waals surface area contributed by atoms with Gasteiger partial charge in [-0.3, -0.25) is 9.59 Å². The molecule has 0 N–H and O–H groups in total. The van der Waals surface area contributed by atoms with Gasteiger partial charge in [0.2, 0.25) is 0 Å². The van der Waals surface area contributed by atoms with Crippen molar-refractivity contribution in [3.63, 3.8) is 0 Å². The standard InChI is InChI=1S/C11H10O2/c1-9(13)2-3-10-4-6-11(8-12)7-5-10/h2-8H,1H3. The van der Waals surface area contributed by atoms with Crippen LogP contribution in [0.2, 0.25) is 0 Å². The van der Waals surface area contributed by atoms with Crippen molar-refractivity contribution in [2.45, 2.75) is 6.92 Å².